The molecule has 1 heterocycles. The summed E-state index contributed by atoms with van der Waals surface area (Å²) in [6, 6.07) is 3.22. The lowest BCUT2D eigenvalue weighted by atomic mass is 9.96. The zero-order valence-corrected chi connectivity index (χ0v) is 23.8. The van der Waals surface area contributed by atoms with Crippen molar-refractivity contribution in [3.05, 3.63) is 23.8 Å². The number of aliphatic carboxylic acids is 1. The lowest BCUT2D eigenvalue weighted by Crippen LogP contribution is -2.51. The third-order valence-corrected chi connectivity index (χ3v) is 6.81. The van der Waals surface area contributed by atoms with Gasteiger partial charge >= 0.3 is 18.7 Å². The number of nitrogens with one attached hydrogen (secondary N) is 2. The van der Waals surface area contributed by atoms with Crippen LogP contribution in [-0.4, -0.2) is 77.9 Å². The first-order chi connectivity index (χ1) is 19.2. The zero-order valence-electron chi connectivity index (χ0n) is 23.8. The summed E-state index contributed by atoms with van der Waals surface area (Å²) in [5.74, 6) is -1.53. The minimum atomic E-state index is -3.00. The number of carbonyl (C=O) groups is 4. The number of ether oxygens (including phenoxy) is 3. The summed E-state index contributed by atoms with van der Waals surface area (Å²) in [7, 11) is 0. The first kappa shape index (κ1) is 31.9. The van der Waals surface area contributed by atoms with Crippen molar-refractivity contribution in [1.82, 2.24) is 15.5 Å². The predicted octanol–water partition coefficient (Wildman–Crippen LogP) is 3.66. The Kier molecular flexibility index (Phi) is 10.7. The van der Waals surface area contributed by atoms with Crippen LogP contribution in [0.25, 0.3) is 0 Å². The van der Waals surface area contributed by atoms with E-state index in [1.54, 1.807) is 37.8 Å². The van der Waals surface area contributed by atoms with E-state index in [9.17, 15) is 28.0 Å². The van der Waals surface area contributed by atoms with E-state index in [0.29, 0.717) is 25.5 Å². The molecule has 2 aliphatic rings. The maximum atomic E-state index is 13.0. The fourth-order valence-electron chi connectivity index (χ4n) is 4.64. The van der Waals surface area contributed by atoms with E-state index >= 15 is 0 Å². The number of benzene rings is 1. The van der Waals surface area contributed by atoms with Gasteiger partial charge in [-0.05, 0) is 70.1 Å². The molecule has 1 saturated carbocycles. The van der Waals surface area contributed by atoms with E-state index < -0.39 is 42.3 Å². The number of halogens is 2. The molecule has 13 heteroatoms. The maximum absolute atomic E-state index is 13.0. The number of nitrogens with zero attached hydrogens (tertiary/aromatic N) is 1. The van der Waals surface area contributed by atoms with E-state index in [1.807, 2.05) is 0 Å². The van der Waals surface area contributed by atoms with Crippen LogP contribution in [0, 0.1) is 5.92 Å². The highest BCUT2D eigenvalue weighted by Crippen LogP contribution is 2.38. The molecule has 1 aliphatic heterocycles. The molecule has 0 radical (unpaired) electrons. The van der Waals surface area contributed by atoms with Gasteiger partial charge in [0.15, 0.2) is 11.5 Å². The van der Waals surface area contributed by atoms with Crippen LogP contribution in [0.15, 0.2) is 18.2 Å². The molecule has 2 fully saturated rings. The van der Waals surface area contributed by atoms with Gasteiger partial charge in [-0.15, -0.1) is 0 Å². The van der Waals surface area contributed by atoms with Crippen LogP contribution < -0.4 is 20.1 Å². The van der Waals surface area contributed by atoms with Gasteiger partial charge in [-0.2, -0.15) is 8.78 Å². The van der Waals surface area contributed by atoms with E-state index in [4.69, 9.17) is 14.6 Å². The van der Waals surface area contributed by atoms with Gasteiger partial charge in [0, 0.05) is 38.4 Å². The number of hydrogen-bond donors (Lipinski definition) is 3. The van der Waals surface area contributed by atoms with Crippen molar-refractivity contribution in [2.75, 3.05) is 19.7 Å². The average molecular weight is 584 g/mol. The molecular weight excluding hydrogens is 544 g/mol. The quantitative estimate of drug-likeness (QED) is 0.319. The number of carbonyl (C=O) groups excluding carboxylic acids is 3. The Morgan fingerprint density at radius 3 is 2.44 bits per heavy atom. The molecular formula is C28H39F2N3O8. The zero-order chi connectivity index (χ0) is 30.3. The monoisotopic (exact) mass is 583 g/mol. The Bertz CT molecular complexity index is 1110. The van der Waals surface area contributed by atoms with Gasteiger partial charge in [0.2, 0.25) is 11.8 Å². The first-order valence-electron chi connectivity index (χ1n) is 13.7. The van der Waals surface area contributed by atoms with Crippen LogP contribution in [0.1, 0.15) is 71.3 Å². The van der Waals surface area contributed by atoms with E-state index in [1.165, 1.54) is 13.0 Å². The Morgan fingerprint density at radius 1 is 1.15 bits per heavy atom. The SMILES string of the molecule is CC(=O)N1CC(c2ccc(OC(F)F)c(OCC3CC3)c2)C[C@@H]1CNC(=O)C(CCC(=O)O)NC(=O)OC(C)(C)C. The summed E-state index contributed by atoms with van der Waals surface area (Å²) in [6.07, 6.45) is 1.16. The van der Waals surface area contributed by atoms with Gasteiger partial charge in [-0.1, -0.05) is 6.07 Å². The molecule has 0 spiro atoms. The summed E-state index contributed by atoms with van der Waals surface area (Å²) in [5, 5.41) is 14.2. The lowest BCUT2D eigenvalue weighted by Gasteiger charge is -2.26. The largest absolute Gasteiger partial charge is 0.489 e. The summed E-state index contributed by atoms with van der Waals surface area (Å²) in [4.78, 5) is 50.4. The van der Waals surface area contributed by atoms with E-state index in [0.717, 1.165) is 18.4 Å². The van der Waals surface area contributed by atoms with E-state index in [-0.39, 0.29) is 42.7 Å². The highest BCUT2D eigenvalue weighted by atomic mass is 19.3. The molecule has 3 amide bonds. The molecule has 228 valence electrons. The molecule has 1 saturated heterocycles. The third kappa shape index (κ3) is 10.4. The average Bonchev–Trinajstić information content (AvgIpc) is 3.59. The van der Waals surface area contributed by atoms with Crippen LogP contribution in [0.2, 0.25) is 0 Å². The van der Waals surface area contributed by atoms with Gasteiger partial charge in [0.1, 0.15) is 11.6 Å². The number of carboxylic acid groups (broad SMARTS) is 1. The molecule has 1 aliphatic carbocycles. The summed E-state index contributed by atoms with van der Waals surface area (Å²) < 4.78 is 41.5. The Balaban J connectivity index is 1.68. The summed E-state index contributed by atoms with van der Waals surface area (Å²) in [5.41, 5.74) is -0.0332. The Hall–Kier alpha value is -3.64. The van der Waals surface area contributed by atoms with Crippen molar-refractivity contribution in [2.24, 2.45) is 5.92 Å². The van der Waals surface area contributed by atoms with Crippen LogP contribution >= 0.6 is 0 Å². The maximum Gasteiger partial charge on any atom is 0.408 e. The van der Waals surface area contributed by atoms with Gasteiger partial charge in [-0.3, -0.25) is 14.4 Å². The van der Waals surface area contributed by atoms with Crippen molar-refractivity contribution in [3.63, 3.8) is 0 Å². The second kappa shape index (κ2) is 13.8. The van der Waals surface area contributed by atoms with Gasteiger partial charge in [0.25, 0.3) is 0 Å². The molecule has 3 N–H and O–H groups in total. The van der Waals surface area contributed by atoms with Crippen molar-refractivity contribution >= 4 is 23.9 Å². The van der Waals surface area contributed by atoms with Crippen LogP contribution in [-0.2, 0) is 19.1 Å². The Labute approximate surface area is 237 Å². The number of likely N-dealkylation sites (tertiary alicyclic amines) is 1. The normalized spacial score (nSPS) is 19.4. The number of alkyl halides is 2. The number of carboxylic acids is 1. The minimum absolute atomic E-state index is 0.0560. The molecule has 3 atom stereocenters. The number of rotatable bonds is 13. The molecule has 41 heavy (non-hydrogen) atoms. The van der Waals surface area contributed by atoms with Crippen molar-refractivity contribution in [1.29, 1.82) is 0 Å². The topological polar surface area (TPSA) is 144 Å². The van der Waals surface area contributed by atoms with E-state index in [2.05, 4.69) is 15.4 Å². The van der Waals surface area contributed by atoms with Crippen molar-refractivity contribution in [2.45, 2.75) is 90.0 Å². The lowest BCUT2D eigenvalue weighted by molar-refractivity contribution is -0.137. The highest BCUT2D eigenvalue weighted by molar-refractivity contribution is 5.86. The molecule has 1 aromatic carbocycles. The molecule has 2 unspecified atom stereocenters. The smallest absolute Gasteiger partial charge is 0.408 e. The van der Waals surface area contributed by atoms with Crippen molar-refractivity contribution < 1.29 is 47.3 Å². The number of alkyl carbamates (subject to hydrolysis) is 1. The second-order valence-electron chi connectivity index (χ2n) is 11.5. The van der Waals surface area contributed by atoms with Crippen LogP contribution in [0.5, 0.6) is 11.5 Å². The standard InChI is InChI=1S/C28H39F2N3O8/c1-16(34)33-14-19(18-7-9-22(40-26(29)30)23(12-18)39-15-17-5-6-17)11-20(33)13-31-25(37)21(8-10-24(35)36)32-27(38)41-28(2,3)4/h7,9,12,17,19-21,26H,5-6,8,10-11,13-15H2,1-4H3,(H,31,37)(H,32,38)(H,35,36)/t19?,20-,21?/m1/s1. The molecule has 1 aromatic rings. The predicted molar refractivity (Wildman–Crippen MR) is 143 cm³/mol. The van der Waals surface area contributed by atoms with Gasteiger partial charge in [-0.25, -0.2) is 4.79 Å². The fraction of sp³-hybridized carbons (Fsp3) is 0.643. The molecule has 3 rings (SSSR count). The Morgan fingerprint density at radius 2 is 1.85 bits per heavy atom. The number of hydrogen-bond acceptors (Lipinski definition) is 7. The summed E-state index contributed by atoms with van der Waals surface area (Å²) >= 11 is 0. The fourth-order valence-corrected chi connectivity index (χ4v) is 4.64. The summed E-state index contributed by atoms with van der Waals surface area (Å²) in [6.45, 7) is 4.20. The molecule has 11 nitrogen and oxygen atoms in total. The first-order valence-corrected chi connectivity index (χ1v) is 13.7. The van der Waals surface area contributed by atoms with Gasteiger partial charge < -0.3 is 34.9 Å². The van der Waals surface area contributed by atoms with Crippen LogP contribution in [0.4, 0.5) is 13.6 Å². The molecule has 0 bridgehead atoms. The van der Waals surface area contributed by atoms with Crippen molar-refractivity contribution in [3.8, 4) is 11.5 Å². The highest BCUT2D eigenvalue weighted by Gasteiger charge is 2.36. The number of amides is 3. The second-order valence-corrected chi connectivity index (χ2v) is 11.5. The molecule has 0 aromatic heterocycles. The van der Waals surface area contributed by atoms with Gasteiger partial charge in [0.05, 0.1) is 6.61 Å². The van der Waals surface area contributed by atoms with Crippen LogP contribution in [0.3, 0.4) is 0 Å². The minimum Gasteiger partial charge on any atom is -0.489 e. The third-order valence-electron chi connectivity index (χ3n) is 6.81.